The van der Waals surface area contributed by atoms with E-state index in [2.05, 4.69) is 26.0 Å². The molecular weight excluding hydrogens is 422 g/mol. The van der Waals surface area contributed by atoms with Crippen molar-refractivity contribution in [1.82, 2.24) is 19.5 Å². The van der Waals surface area contributed by atoms with Crippen LogP contribution in [0.2, 0.25) is 0 Å². The van der Waals surface area contributed by atoms with Crippen LogP contribution in [0.4, 0.5) is 8.78 Å². The molecule has 0 aromatic carbocycles. The Bertz CT molecular complexity index is 754. The van der Waals surface area contributed by atoms with Gasteiger partial charge in [0.25, 0.3) is 5.92 Å². The molecule has 2 aromatic heterocycles. The minimum atomic E-state index is -4.53. The predicted molar refractivity (Wildman–Crippen MR) is 76.0 cm³/mol. The Labute approximate surface area is 162 Å². The second-order valence-corrected chi connectivity index (χ2v) is 6.77. The van der Waals surface area contributed by atoms with Gasteiger partial charge in [-0.2, -0.15) is 0 Å². The van der Waals surface area contributed by atoms with Gasteiger partial charge in [-0.3, -0.25) is 9.55 Å². The third-order valence-corrected chi connectivity index (χ3v) is 3.98. The summed E-state index contributed by atoms with van der Waals surface area (Å²) >= 11 is 0. The van der Waals surface area contributed by atoms with E-state index in [9.17, 15) is 13.3 Å². The first-order valence-corrected chi connectivity index (χ1v) is 8.45. The topological polar surface area (TPSA) is 110 Å². The van der Waals surface area contributed by atoms with Gasteiger partial charge in [0.1, 0.15) is 12.5 Å². The number of halogens is 2. The molecule has 0 amide bonds. The second-order valence-electron chi connectivity index (χ2n) is 5.19. The van der Waals surface area contributed by atoms with Gasteiger partial charge in [-0.15, -0.1) is 0 Å². The van der Waals surface area contributed by atoms with Crippen molar-refractivity contribution >= 4 is 18.8 Å². The SMILES string of the molecule is Cc1n[c-]nc2c1ncn2[C@@H](C)C(F)(F)[C@H](C)OCP(=O)(O)O.[Y]. The van der Waals surface area contributed by atoms with E-state index in [1.165, 1.54) is 13.3 Å². The van der Waals surface area contributed by atoms with E-state index >= 15 is 0 Å². The first-order valence-electron chi connectivity index (χ1n) is 6.65. The number of rotatable bonds is 6. The van der Waals surface area contributed by atoms with Gasteiger partial charge in [0, 0.05) is 50.2 Å². The summed E-state index contributed by atoms with van der Waals surface area (Å²) in [6.07, 6.45) is 0.801. The van der Waals surface area contributed by atoms with Crippen molar-refractivity contribution in [3.05, 3.63) is 18.3 Å². The maximum Gasteiger partial charge on any atom is 0.350 e. The first kappa shape index (κ1) is 21.7. The number of aromatic nitrogens is 4. The molecule has 0 fully saturated rings. The van der Waals surface area contributed by atoms with Crippen molar-refractivity contribution in [3.8, 4) is 0 Å². The van der Waals surface area contributed by atoms with Crippen LogP contribution >= 0.6 is 7.60 Å². The minimum absolute atomic E-state index is 0. The molecule has 8 nitrogen and oxygen atoms in total. The van der Waals surface area contributed by atoms with Gasteiger partial charge >= 0.3 is 7.60 Å². The fraction of sp³-hybridized carbons (Fsp3) is 0.583. The van der Waals surface area contributed by atoms with E-state index in [4.69, 9.17) is 9.79 Å². The predicted octanol–water partition coefficient (Wildman–Crippen LogP) is 1.67. The Morgan fingerprint density at radius 1 is 1.42 bits per heavy atom. The Kier molecular flexibility index (Phi) is 7.12. The van der Waals surface area contributed by atoms with Crippen molar-refractivity contribution in [2.75, 3.05) is 6.35 Å². The van der Waals surface area contributed by atoms with Crippen LogP contribution in [0.3, 0.4) is 0 Å². The first-order chi connectivity index (χ1) is 10.5. The van der Waals surface area contributed by atoms with Crippen molar-refractivity contribution < 1.29 is 60.6 Å². The Morgan fingerprint density at radius 2 is 2.04 bits per heavy atom. The van der Waals surface area contributed by atoms with Gasteiger partial charge in [0.05, 0.1) is 12.4 Å². The van der Waals surface area contributed by atoms with E-state index in [0.29, 0.717) is 11.2 Å². The quantitative estimate of drug-likeness (QED) is 0.522. The van der Waals surface area contributed by atoms with Crippen molar-refractivity contribution in [3.63, 3.8) is 0 Å². The van der Waals surface area contributed by atoms with Crippen molar-refractivity contribution in [1.29, 1.82) is 0 Å². The average Bonchev–Trinajstić information content (AvgIpc) is 2.88. The molecular formula is C12H16F2N4O4PY-. The van der Waals surface area contributed by atoms with Gasteiger partial charge < -0.3 is 29.1 Å². The molecule has 0 spiro atoms. The molecule has 2 rings (SSSR count). The summed E-state index contributed by atoms with van der Waals surface area (Å²) in [5, 5.41) is 0. The molecule has 1 radical (unpaired) electrons. The molecule has 0 aliphatic carbocycles. The molecule has 2 atom stereocenters. The van der Waals surface area contributed by atoms with Crippen LogP contribution in [-0.2, 0) is 42.0 Å². The molecule has 2 aromatic rings. The fourth-order valence-electron chi connectivity index (χ4n) is 2.05. The van der Waals surface area contributed by atoms with Gasteiger partial charge in [0.15, 0.2) is 0 Å². The molecule has 24 heavy (non-hydrogen) atoms. The molecule has 0 aliphatic heterocycles. The number of nitrogens with zero attached hydrogens (tertiary/aromatic N) is 4. The number of imidazole rings is 1. The summed E-state index contributed by atoms with van der Waals surface area (Å²) in [6.45, 7) is 3.96. The van der Waals surface area contributed by atoms with Gasteiger partial charge in [-0.1, -0.05) is 6.92 Å². The van der Waals surface area contributed by atoms with Crippen LogP contribution in [0.1, 0.15) is 25.6 Å². The maximum atomic E-state index is 14.5. The molecule has 0 unspecified atom stereocenters. The van der Waals surface area contributed by atoms with Gasteiger partial charge in [-0.05, 0) is 19.5 Å². The summed E-state index contributed by atoms with van der Waals surface area (Å²) < 4.78 is 45.6. The van der Waals surface area contributed by atoms with Crippen molar-refractivity contribution in [2.45, 2.75) is 38.8 Å². The molecule has 0 saturated carbocycles. The molecule has 131 valence electrons. The molecule has 12 heteroatoms. The third kappa shape index (κ3) is 4.62. The monoisotopic (exact) mass is 438 g/mol. The normalized spacial score (nSPS) is 15.1. The smallest absolute Gasteiger partial charge is 0.350 e. The van der Waals surface area contributed by atoms with E-state index < -0.39 is 32.0 Å². The summed E-state index contributed by atoms with van der Waals surface area (Å²) in [7, 11) is -4.53. The van der Waals surface area contributed by atoms with E-state index in [-0.39, 0.29) is 38.4 Å². The fourth-order valence-corrected chi connectivity index (χ4v) is 2.47. The van der Waals surface area contributed by atoms with Crippen LogP contribution in [0.25, 0.3) is 11.2 Å². The van der Waals surface area contributed by atoms with Crippen LogP contribution in [-0.4, -0.2) is 47.7 Å². The zero-order chi connectivity index (χ0) is 17.4. The number of ether oxygens (including phenoxy) is 1. The average molecular weight is 438 g/mol. The van der Waals surface area contributed by atoms with Crippen LogP contribution in [0.5, 0.6) is 0 Å². The summed E-state index contributed by atoms with van der Waals surface area (Å²) in [5.74, 6) is -3.42. The third-order valence-electron chi connectivity index (χ3n) is 3.49. The largest absolute Gasteiger partial charge is 0.369 e. The van der Waals surface area contributed by atoms with E-state index in [1.807, 2.05) is 0 Å². The molecule has 0 bridgehead atoms. The summed E-state index contributed by atoms with van der Waals surface area (Å²) in [6, 6.07) is -1.40. The molecule has 0 aliphatic rings. The van der Waals surface area contributed by atoms with Crippen LogP contribution in [0, 0.1) is 13.3 Å². The van der Waals surface area contributed by atoms with Gasteiger partial charge in [0.2, 0.25) is 0 Å². The zero-order valence-electron chi connectivity index (χ0n) is 13.2. The standard InChI is InChI=1S/C12H16F2N4O4P.Y/c1-7-10-11(16-4-15-7)18(5-17-10)8(2)12(13,14)9(3)22-6-23(19,20)21;/h5,8-9H,6H2,1-3H3,(H2,19,20,21);/q-1;/t8-,9-;/m0./s1. The molecule has 2 N–H and O–H groups in total. The number of hydrogen-bond donors (Lipinski definition) is 2. The Hall–Kier alpha value is -0.376. The number of aryl methyl sites for hydroxylation is 1. The minimum Gasteiger partial charge on any atom is -0.369 e. The van der Waals surface area contributed by atoms with Crippen LogP contribution < -0.4 is 0 Å². The van der Waals surface area contributed by atoms with Gasteiger partial charge in [-0.25, -0.2) is 8.78 Å². The second kappa shape index (κ2) is 7.89. The summed E-state index contributed by atoms with van der Waals surface area (Å²) in [4.78, 5) is 29.1. The molecule has 0 saturated heterocycles. The summed E-state index contributed by atoms with van der Waals surface area (Å²) in [5.41, 5.74) is 1.09. The Morgan fingerprint density at radius 3 is 2.62 bits per heavy atom. The zero-order valence-corrected chi connectivity index (χ0v) is 17.0. The number of hydrogen-bond acceptors (Lipinski definition) is 5. The van der Waals surface area contributed by atoms with E-state index in [1.54, 1.807) is 6.92 Å². The van der Waals surface area contributed by atoms with Crippen molar-refractivity contribution in [2.24, 2.45) is 0 Å². The van der Waals surface area contributed by atoms with E-state index in [0.717, 1.165) is 11.5 Å². The maximum absolute atomic E-state index is 14.5. The Balaban J connectivity index is 0.00000288. The molecule has 2 heterocycles. The van der Waals surface area contributed by atoms with Crippen LogP contribution in [0.15, 0.2) is 6.33 Å². The number of fused-ring (bicyclic) bond motifs is 1. The number of alkyl halides is 2.